The summed E-state index contributed by atoms with van der Waals surface area (Å²) in [6, 6.07) is 16.3. The topological polar surface area (TPSA) is 114 Å². The van der Waals surface area contributed by atoms with E-state index in [4.69, 9.17) is 4.74 Å². The van der Waals surface area contributed by atoms with E-state index >= 15 is 0 Å². The summed E-state index contributed by atoms with van der Waals surface area (Å²) in [5.41, 5.74) is 1.88. The van der Waals surface area contributed by atoms with E-state index in [0.717, 1.165) is 29.1 Å². The number of hydrogen-bond acceptors (Lipinski definition) is 7. The lowest BCUT2D eigenvalue weighted by Gasteiger charge is -2.15. The second-order valence-corrected chi connectivity index (χ2v) is 11.1. The summed E-state index contributed by atoms with van der Waals surface area (Å²) >= 11 is 2.39. The van der Waals surface area contributed by atoms with Crippen LogP contribution in [-0.4, -0.2) is 36.1 Å². The predicted octanol–water partition coefficient (Wildman–Crippen LogP) is 6.73. The first-order chi connectivity index (χ1) is 18.8. The van der Waals surface area contributed by atoms with Crippen LogP contribution in [0.3, 0.4) is 0 Å². The highest BCUT2D eigenvalue weighted by Gasteiger charge is 2.28. The van der Waals surface area contributed by atoms with Gasteiger partial charge >= 0.3 is 5.97 Å². The predicted molar refractivity (Wildman–Crippen MR) is 158 cm³/mol. The first-order valence-corrected chi connectivity index (χ1v) is 14.4. The molecule has 1 atom stereocenters. The van der Waals surface area contributed by atoms with Gasteiger partial charge in [-0.2, -0.15) is 0 Å². The van der Waals surface area contributed by atoms with E-state index in [-0.39, 0.29) is 28.3 Å². The molecule has 39 heavy (non-hydrogen) atoms. The summed E-state index contributed by atoms with van der Waals surface area (Å²) in [4.78, 5) is 52.2. The number of anilines is 3. The fourth-order valence-electron chi connectivity index (χ4n) is 3.76. The normalized spacial score (nSPS) is 11.4. The number of benzene rings is 2. The summed E-state index contributed by atoms with van der Waals surface area (Å²) in [7, 11) is 1.26. The van der Waals surface area contributed by atoms with Gasteiger partial charge in [-0.3, -0.25) is 14.4 Å². The molecule has 0 aliphatic heterocycles. The van der Waals surface area contributed by atoms with Crippen molar-refractivity contribution in [1.29, 1.82) is 0 Å². The number of unbranched alkanes of at least 4 members (excludes halogenated alkanes) is 1. The Bertz CT molecular complexity index is 1320. The number of para-hydroxylation sites is 1. The third-order valence-electron chi connectivity index (χ3n) is 5.83. The summed E-state index contributed by atoms with van der Waals surface area (Å²) in [6.45, 7) is 5.59. The molecule has 1 aromatic heterocycles. The molecule has 0 spiro atoms. The lowest BCUT2D eigenvalue weighted by Crippen LogP contribution is -2.25. The Labute approximate surface area is 236 Å². The molecule has 206 valence electrons. The van der Waals surface area contributed by atoms with Gasteiger partial charge in [-0.15, -0.1) is 23.1 Å². The maximum Gasteiger partial charge on any atom is 0.341 e. The molecule has 0 fully saturated rings. The molecule has 3 N–H and O–H groups in total. The van der Waals surface area contributed by atoms with Crippen molar-refractivity contribution in [1.82, 2.24) is 0 Å². The van der Waals surface area contributed by atoms with Gasteiger partial charge in [0.05, 0.1) is 22.8 Å². The molecular weight excluding hydrogens is 534 g/mol. The van der Waals surface area contributed by atoms with Crippen molar-refractivity contribution >= 4 is 63.2 Å². The molecule has 2 aromatic carbocycles. The Morgan fingerprint density at radius 3 is 2.33 bits per heavy atom. The van der Waals surface area contributed by atoms with Crippen molar-refractivity contribution in [2.45, 2.75) is 56.6 Å². The quantitative estimate of drug-likeness (QED) is 0.165. The molecule has 0 aliphatic rings. The van der Waals surface area contributed by atoms with Crippen LogP contribution in [0.4, 0.5) is 16.4 Å². The molecule has 1 heterocycles. The monoisotopic (exact) mass is 567 g/mol. The van der Waals surface area contributed by atoms with E-state index in [9.17, 15) is 19.2 Å². The number of hydrogen-bond donors (Lipinski definition) is 3. The highest BCUT2D eigenvalue weighted by molar-refractivity contribution is 8.00. The van der Waals surface area contributed by atoms with Crippen LogP contribution >= 0.6 is 23.1 Å². The number of amides is 3. The van der Waals surface area contributed by atoms with Crippen molar-refractivity contribution in [3.8, 4) is 0 Å². The van der Waals surface area contributed by atoms with Crippen LogP contribution in [0.2, 0.25) is 0 Å². The molecule has 0 radical (unpaired) electrons. The third kappa shape index (κ3) is 8.18. The zero-order chi connectivity index (χ0) is 28.4. The smallest absolute Gasteiger partial charge is 0.341 e. The van der Waals surface area contributed by atoms with Crippen LogP contribution in [-0.2, 0) is 14.3 Å². The maximum atomic E-state index is 13.3. The number of ether oxygens (including phenoxy) is 1. The zero-order valence-corrected chi connectivity index (χ0v) is 24.1. The van der Waals surface area contributed by atoms with Gasteiger partial charge < -0.3 is 20.7 Å². The Balaban J connectivity index is 1.78. The second-order valence-electron chi connectivity index (χ2n) is 8.76. The van der Waals surface area contributed by atoms with Crippen LogP contribution in [0.15, 0.2) is 59.5 Å². The van der Waals surface area contributed by atoms with Crippen molar-refractivity contribution in [2.75, 3.05) is 23.1 Å². The van der Waals surface area contributed by atoms with Gasteiger partial charge in [0.1, 0.15) is 5.00 Å². The van der Waals surface area contributed by atoms with Gasteiger partial charge in [-0.25, -0.2) is 4.79 Å². The minimum absolute atomic E-state index is 0.0423. The number of rotatable bonds is 12. The molecular formula is C29H33N3O5S2. The average molecular weight is 568 g/mol. The molecule has 3 rings (SSSR count). The van der Waals surface area contributed by atoms with E-state index in [1.807, 2.05) is 44.2 Å². The fraction of sp³-hybridized carbons (Fsp3) is 0.310. The van der Waals surface area contributed by atoms with Crippen LogP contribution in [0.25, 0.3) is 0 Å². The van der Waals surface area contributed by atoms with Crippen LogP contribution in [0.1, 0.15) is 65.1 Å². The minimum atomic E-state index is -0.634. The molecule has 10 heteroatoms. The van der Waals surface area contributed by atoms with Crippen molar-refractivity contribution in [2.24, 2.45) is 0 Å². The number of esters is 1. The Kier molecular flexibility index (Phi) is 11.1. The molecule has 0 bridgehead atoms. The van der Waals surface area contributed by atoms with Crippen LogP contribution in [0.5, 0.6) is 0 Å². The van der Waals surface area contributed by atoms with Gasteiger partial charge in [0.25, 0.3) is 5.91 Å². The fourth-order valence-corrected chi connectivity index (χ4v) is 5.87. The number of nitrogens with one attached hydrogen (secondary N) is 3. The van der Waals surface area contributed by atoms with Gasteiger partial charge in [0, 0.05) is 22.7 Å². The van der Waals surface area contributed by atoms with E-state index in [0.29, 0.717) is 34.7 Å². The average Bonchev–Trinajstić information content (AvgIpc) is 3.26. The first kappa shape index (κ1) is 29.9. The highest BCUT2D eigenvalue weighted by atomic mass is 32.2. The van der Waals surface area contributed by atoms with E-state index in [2.05, 4.69) is 16.0 Å². The SMILES string of the molecule is CCCCC(=O)Nc1cccc(SC(CC)C(=O)Nc2sc(C(=O)Nc3ccccc3)c(C)c2C(=O)OC)c1. The van der Waals surface area contributed by atoms with Crippen molar-refractivity contribution in [3.63, 3.8) is 0 Å². The molecule has 3 amide bonds. The Morgan fingerprint density at radius 2 is 1.67 bits per heavy atom. The molecule has 8 nitrogen and oxygen atoms in total. The lowest BCUT2D eigenvalue weighted by molar-refractivity contribution is -0.116. The molecule has 0 aliphatic carbocycles. The van der Waals surface area contributed by atoms with Gasteiger partial charge in [0.15, 0.2) is 0 Å². The largest absolute Gasteiger partial charge is 0.465 e. The molecule has 0 saturated heterocycles. The van der Waals surface area contributed by atoms with Gasteiger partial charge in [0.2, 0.25) is 11.8 Å². The summed E-state index contributed by atoms with van der Waals surface area (Å²) in [5.74, 6) is -1.36. The summed E-state index contributed by atoms with van der Waals surface area (Å²) < 4.78 is 4.95. The lowest BCUT2D eigenvalue weighted by atomic mass is 10.1. The Morgan fingerprint density at radius 1 is 0.949 bits per heavy atom. The van der Waals surface area contributed by atoms with Crippen LogP contribution < -0.4 is 16.0 Å². The second kappa shape index (κ2) is 14.5. The third-order valence-corrected chi connectivity index (χ3v) is 8.39. The number of thioether (sulfide) groups is 1. The van der Waals surface area contributed by atoms with E-state index in [1.54, 1.807) is 31.2 Å². The first-order valence-electron chi connectivity index (χ1n) is 12.7. The zero-order valence-electron chi connectivity index (χ0n) is 22.5. The number of methoxy groups -OCH3 is 1. The molecule has 0 saturated carbocycles. The molecule has 1 unspecified atom stereocenters. The number of carbonyl (C=O) groups excluding carboxylic acids is 4. The van der Waals surface area contributed by atoms with Crippen LogP contribution in [0, 0.1) is 6.92 Å². The van der Waals surface area contributed by atoms with E-state index < -0.39 is 11.2 Å². The highest BCUT2D eigenvalue weighted by Crippen LogP contribution is 2.36. The standard InChI is InChI=1S/C29H33N3O5S2/c1-5-7-16-23(33)30-20-14-11-15-21(17-20)38-22(6-2)26(34)32-28-24(29(36)37-4)18(3)25(39-28)27(35)31-19-12-9-8-10-13-19/h8-15,17,22H,5-7,16H2,1-4H3,(H,30,33)(H,31,35)(H,32,34). The van der Waals surface area contributed by atoms with E-state index in [1.165, 1.54) is 18.9 Å². The van der Waals surface area contributed by atoms with Crippen molar-refractivity contribution in [3.05, 3.63) is 70.6 Å². The maximum absolute atomic E-state index is 13.3. The van der Waals surface area contributed by atoms with Gasteiger partial charge in [-0.05, 0) is 55.7 Å². The Hall–Kier alpha value is -3.63. The minimum Gasteiger partial charge on any atom is -0.465 e. The summed E-state index contributed by atoms with van der Waals surface area (Å²) in [5, 5.41) is 8.36. The number of carbonyl (C=O) groups is 4. The number of thiophene rings is 1. The van der Waals surface area contributed by atoms with Gasteiger partial charge in [-0.1, -0.05) is 44.5 Å². The van der Waals surface area contributed by atoms with Crippen molar-refractivity contribution < 1.29 is 23.9 Å². The molecule has 3 aromatic rings. The summed E-state index contributed by atoms with van der Waals surface area (Å²) in [6.07, 6.45) is 2.74.